The molecule has 3 rings (SSSR count). The molecule has 0 aliphatic rings. The molecule has 0 saturated carbocycles. The van der Waals surface area contributed by atoms with E-state index in [4.69, 9.17) is 39.5 Å². The van der Waals surface area contributed by atoms with Crippen LogP contribution in [0.4, 0.5) is 5.69 Å². The molecular weight excluding hydrogens is 459 g/mol. The third-order valence-electron chi connectivity index (χ3n) is 3.72. The van der Waals surface area contributed by atoms with Crippen LogP contribution < -0.4 is 10.6 Å². The molecule has 6 nitrogen and oxygen atoms in total. The number of hydrogen-bond donors (Lipinski definition) is 2. The average molecular weight is 472 g/mol. The largest absolute Gasteiger partial charge is 0.454 e. The van der Waals surface area contributed by atoms with E-state index in [1.54, 1.807) is 18.2 Å². The van der Waals surface area contributed by atoms with Crippen molar-refractivity contribution in [1.29, 1.82) is 0 Å². The zero-order valence-electron chi connectivity index (χ0n) is 14.6. The van der Waals surface area contributed by atoms with Gasteiger partial charge in [0.05, 0.1) is 20.8 Å². The second-order valence-electron chi connectivity index (χ2n) is 5.73. The highest BCUT2D eigenvalue weighted by molar-refractivity contribution is 7.21. The molecule has 0 atom stereocenters. The zero-order chi connectivity index (χ0) is 21.0. The topological polar surface area (TPSA) is 84.5 Å². The lowest BCUT2D eigenvalue weighted by atomic mass is 10.2. The highest BCUT2D eigenvalue weighted by Crippen LogP contribution is 2.35. The van der Waals surface area contributed by atoms with Crippen molar-refractivity contribution in [3.8, 4) is 0 Å². The van der Waals surface area contributed by atoms with Gasteiger partial charge in [0.15, 0.2) is 6.61 Å². The van der Waals surface area contributed by atoms with Gasteiger partial charge in [0, 0.05) is 10.1 Å². The van der Waals surface area contributed by atoms with E-state index in [1.165, 1.54) is 11.3 Å². The number of carbonyl (C=O) groups excluding carboxylic acids is 3. The first kappa shape index (κ1) is 21.4. The van der Waals surface area contributed by atoms with Crippen LogP contribution in [0.5, 0.6) is 0 Å². The molecule has 0 radical (unpaired) electrons. The second kappa shape index (κ2) is 9.45. The molecule has 0 unspecified atom stereocenters. The van der Waals surface area contributed by atoms with Crippen molar-refractivity contribution in [1.82, 2.24) is 5.32 Å². The Labute approximate surface area is 184 Å². The number of carbonyl (C=O) groups is 3. The number of anilines is 1. The summed E-state index contributed by atoms with van der Waals surface area (Å²) in [5.74, 6) is -1.87. The molecule has 2 aromatic carbocycles. The molecule has 150 valence electrons. The van der Waals surface area contributed by atoms with Gasteiger partial charge in [-0.3, -0.25) is 14.4 Å². The van der Waals surface area contributed by atoms with Crippen molar-refractivity contribution < 1.29 is 19.1 Å². The molecule has 0 fully saturated rings. The van der Waals surface area contributed by atoms with Crippen molar-refractivity contribution in [3.05, 3.63) is 62.4 Å². The molecular formula is C19H13Cl3N2O4S. The van der Waals surface area contributed by atoms with Gasteiger partial charge in [-0.1, -0.05) is 59.1 Å². The monoisotopic (exact) mass is 470 g/mol. The van der Waals surface area contributed by atoms with Crippen molar-refractivity contribution in [2.75, 3.05) is 18.5 Å². The fraction of sp³-hybridized carbons (Fsp3) is 0.105. The quantitative estimate of drug-likeness (QED) is 0.507. The third-order valence-corrected chi connectivity index (χ3v) is 6.22. The Morgan fingerprint density at radius 2 is 1.72 bits per heavy atom. The molecule has 2 N–H and O–H groups in total. The number of halogens is 3. The fourth-order valence-corrected chi connectivity index (χ4v) is 4.16. The maximum Gasteiger partial charge on any atom is 0.325 e. The summed E-state index contributed by atoms with van der Waals surface area (Å²) in [5, 5.41) is 6.47. The summed E-state index contributed by atoms with van der Waals surface area (Å²) >= 11 is 19.3. The molecule has 2 amide bonds. The van der Waals surface area contributed by atoms with E-state index in [9.17, 15) is 14.4 Å². The van der Waals surface area contributed by atoms with Crippen LogP contribution >= 0.6 is 46.1 Å². The lowest BCUT2D eigenvalue weighted by Gasteiger charge is -2.09. The minimum Gasteiger partial charge on any atom is -0.454 e. The SMILES string of the molecule is O=C(COC(=O)CNC(=O)c1sc2ccccc2c1Cl)Nc1cccc(Cl)c1Cl. The number of amides is 2. The van der Waals surface area contributed by atoms with Crippen LogP contribution in [-0.2, 0) is 14.3 Å². The molecule has 1 heterocycles. The van der Waals surface area contributed by atoms with Crippen LogP contribution in [0, 0.1) is 0 Å². The Balaban J connectivity index is 1.49. The summed E-state index contributed by atoms with van der Waals surface area (Å²) in [6.07, 6.45) is 0. The summed E-state index contributed by atoms with van der Waals surface area (Å²) in [6.45, 7) is -0.949. The molecule has 3 aromatic rings. The number of hydrogen-bond acceptors (Lipinski definition) is 5. The minimum absolute atomic E-state index is 0.182. The van der Waals surface area contributed by atoms with Gasteiger partial charge in [-0.2, -0.15) is 0 Å². The van der Waals surface area contributed by atoms with Crippen LogP contribution in [0.3, 0.4) is 0 Å². The van der Waals surface area contributed by atoms with Crippen LogP contribution in [-0.4, -0.2) is 30.9 Å². The highest BCUT2D eigenvalue weighted by Gasteiger charge is 2.18. The number of thiophene rings is 1. The van der Waals surface area contributed by atoms with Crippen LogP contribution in [0.25, 0.3) is 10.1 Å². The fourth-order valence-electron chi connectivity index (χ4n) is 2.38. The van der Waals surface area contributed by atoms with Crippen molar-refractivity contribution in [2.24, 2.45) is 0 Å². The molecule has 0 spiro atoms. The number of esters is 1. The van der Waals surface area contributed by atoms with E-state index in [1.807, 2.05) is 24.3 Å². The van der Waals surface area contributed by atoms with Crippen LogP contribution in [0.1, 0.15) is 9.67 Å². The minimum atomic E-state index is -0.775. The number of rotatable bonds is 6. The molecule has 29 heavy (non-hydrogen) atoms. The Morgan fingerprint density at radius 1 is 0.966 bits per heavy atom. The summed E-state index contributed by atoms with van der Waals surface area (Å²) < 4.78 is 5.71. The molecule has 0 aliphatic heterocycles. The maximum atomic E-state index is 12.3. The van der Waals surface area contributed by atoms with Crippen molar-refractivity contribution in [2.45, 2.75) is 0 Å². The van der Waals surface area contributed by atoms with E-state index in [-0.39, 0.29) is 10.0 Å². The standard InChI is InChI=1S/C19H13Cl3N2O4S/c20-11-5-3-6-12(17(11)22)24-14(25)9-28-15(26)8-23-19(27)18-16(21)10-4-1-2-7-13(10)29-18/h1-7H,8-9H2,(H,23,27)(H,24,25). The summed E-state index contributed by atoms with van der Waals surface area (Å²) in [7, 11) is 0. The molecule has 0 saturated heterocycles. The van der Waals surface area contributed by atoms with E-state index in [0.717, 1.165) is 10.1 Å². The molecule has 0 bridgehead atoms. The van der Waals surface area contributed by atoms with Gasteiger partial charge in [-0.05, 0) is 18.2 Å². The van der Waals surface area contributed by atoms with Gasteiger partial charge >= 0.3 is 5.97 Å². The van der Waals surface area contributed by atoms with E-state index < -0.39 is 30.9 Å². The van der Waals surface area contributed by atoms with E-state index >= 15 is 0 Å². The first-order valence-electron chi connectivity index (χ1n) is 8.21. The predicted molar refractivity (Wildman–Crippen MR) is 115 cm³/mol. The van der Waals surface area contributed by atoms with Gasteiger partial charge in [0.25, 0.3) is 11.8 Å². The second-order valence-corrected chi connectivity index (χ2v) is 7.95. The van der Waals surface area contributed by atoms with Crippen LogP contribution in [0.15, 0.2) is 42.5 Å². The maximum absolute atomic E-state index is 12.3. The first-order valence-corrected chi connectivity index (χ1v) is 10.2. The predicted octanol–water partition coefficient (Wildman–Crippen LogP) is 4.77. The highest BCUT2D eigenvalue weighted by atomic mass is 35.5. The Bertz CT molecular complexity index is 1100. The first-order chi connectivity index (χ1) is 13.9. The molecule has 0 aliphatic carbocycles. The zero-order valence-corrected chi connectivity index (χ0v) is 17.7. The normalized spacial score (nSPS) is 10.6. The van der Waals surface area contributed by atoms with E-state index in [0.29, 0.717) is 15.6 Å². The summed E-state index contributed by atoms with van der Waals surface area (Å²) in [5.41, 5.74) is 0.299. The lowest BCUT2D eigenvalue weighted by Crippen LogP contribution is -2.32. The number of fused-ring (bicyclic) bond motifs is 1. The Hall–Kier alpha value is -2.32. The molecule has 1 aromatic heterocycles. The number of nitrogens with one attached hydrogen (secondary N) is 2. The summed E-state index contributed by atoms with van der Waals surface area (Å²) in [6, 6.07) is 12.1. The van der Waals surface area contributed by atoms with Crippen molar-refractivity contribution >= 4 is 79.7 Å². The number of benzene rings is 2. The lowest BCUT2D eigenvalue weighted by molar-refractivity contribution is -0.146. The van der Waals surface area contributed by atoms with E-state index in [2.05, 4.69) is 10.6 Å². The third kappa shape index (κ3) is 5.19. The van der Waals surface area contributed by atoms with Gasteiger partial charge < -0.3 is 15.4 Å². The Kier molecular flexibility index (Phi) is 6.97. The van der Waals surface area contributed by atoms with Gasteiger partial charge in [0.2, 0.25) is 0 Å². The summed E-state index contributed by atoms with van der Waals surface area (Å²) in [4.78, 5) is 36.3. The number of ether oxygens (including phenoxy) is 1. The van der Waals surface area contributed by atoms with Crippen LogP contribution in [0.2, 0.25) is 15.1 Å². The molecule has 10 heteroatoms. The van der Waals surface area contributed by atoms with Crippen molar-refractivity contribution in [3.63, 3.8) is 0 Å². The smallest absolute Gasteiger partial charge is 0.325 e. The van der Waals surface area contributed by atoms with Gasteiger partial charge in [-0.15, -0.1) is 11.3 Å². The van der Waals surface area contributed by atoms with Gasteiger partial charge in [0.1, 0.15) is 11.4 Å². The van der Waals surface area contributed by atoms with Gasteiger partial charge in [-0.25, -0.2) is 0 Å². The Morgan fingerprint density at radius 3 is 2.48 bits per heavy atom. The average Bonchev–Trinajstić information content (AvgIpc) is 3.05.